The number of hydrogen-bond acceptors (Lipinski definition) is 5. The Balaban J connectivity index is 1.25. The fourth-order valence-electron chi connectivity index (χ4n) is 7.67. The molecule has 0 saturated heterocycles. The first-order valence-corrected chi connectivity index (χ1v) is 17.6. The Morgan fingerprint density at radius 1 is 0.389 bits per heavy atom. The highest BCUT2D eigenvalue weighted by molar-refractivity contribution is 6.19. The van der Waals surface area contributed by atoms with Crippen LogP contribution in [-0.2, 0) is 0 Å². The molecule has 3 heterocycles. The summed E-state index contributed by atoms with van der Waals surface area (Å²) in [5.41, 5.74) is 8.21. The van der Waals surface area contributed by atoms with E-state index in [9.17, 15) is 10.5 Å². The van der Waals surface area contributed by atoms with Crippen molar-refractivity contribution < 1.29 is 0 Å². The summed E-state index contributed by atoms with van der Waals surface area (Å²) in [6, 6.07) is 59.4. The van der Waals surface area contributed by atoms with Crippen molar-refractivity contribution in [2.45, 2.75) is 0 Å². The van der Waals surface area contributed by atoms with Crippen LogP contribution in [0, 0.1) is 22.7 Å². The van der Waals surface area contributed by atoms with E-state index in [2.05, 4.69) is 81.9 Å². The lowest BCUT2D eigenvalue weighted by Crippen LogP contribution is -2.05. The number of fused-ring (bicyclic) bond motifs is 6. The second kappa shape index (κ2) is 12.4. The van der Waals surface area contributed by atoms with E-state index in [4.69, 9.17) is 15.0 Å². The van der Waals surface area contributed by atoms with Gasteiger partial charge in [-0.3, -0.25) is 0 Å². The van der Waals surface area contributed by atoms with Crippen LogP contribution in [0.3, 0.4) is 0 Å². The lowest BCUT2D eigenvalue weighted by atomic mass is 9.99. The van der Waals surface area contributed by atoms with Gasteiger partial charge in [0.25, 0.3) is 0 Å². The van der Waals surface area contributed by atoms with Gasteiger partial charge in [-0.05, 0) is 48.5 Å². The van der Waals surface area contributed by atoms with Crippen molar-refractivity contribution in [3.63, 3.8) is 0 Å². The minimum absolute atomic E-state index is 0.199. The highest BCUT2D eigenvalue weighted by Crippen LogP contribution is 2.41. The predicted molar refractivity (Wildman–Crippen MR) is 214 cm³/mol. The van der Waals surface area contributed by atoms with E-state index in [0.717, 1.165) is 60.4 Å². The average molecular weight is 690 g/mol. The zero-order valence-electron chi connectivity index (χ0n) is 28.7. The molecule has 250 valence electrons. The summed E-state index contributed by atoms with van der Waals surface area (Å²) in [5.74, 6) is 1.27. The van der Waals surface area contributed by atoms with Crippen LogP contribution in [0.25, 0.3) is 89.2 Å². The van der Waals surface area contributed by atoms with E-state index < -0.39 is 0 Å². The largest absolute Gasteiger partial charge is 0.309 e. The van der Waals surface area contributed by atoms with Crippen LogP contribution >= 0.6 is 0 Å². The van der Waals surface area contributed by atoms with Crippen LogP contribution in [0.4, 0.5) is 0 Å². The highest BCUT2D eigenvalue weighted by atomic mass is 15.0. The summed E-state index contributed by atoms with van der Waals surface area (Å²) in [7, 11) is 0. The van der Waals surface area contributed by atoms with Crippen molar-refractivity contribution in [2.75, 3.05) is 0 Å². The molecule has 54 heavy (non-hydrogen) atoms. The monoisotopic (exact) mass is 689 g/mol. The normalized spacial score (nSPS) is 11.3. The summed E-state index contributed by atoms with van der Waals surface area (Å²) >= 11 is 0. The van der Waals surface area contributed by atoms with E-state index in [1.54, 1.807) is 0 Å². The molecule has 0 N–H and O–H groups in total. The van der Waals surface area contributed by atoms with Crippen molar-refractivity contribution in [2.24, 2.45) is 0 Å². The maximum Gasteiger partial charge on any atom is 0.165 e. The Hall–Kier alpha value is -7.87. The fraction of sp³-hybridized carbons (Fsp3) is 0. The van der Waals surface area contributed by atoms with Crippen LogP contribution in [0.2, 0.25) is 0 Å². The predicted octanol–water partition coefficient (Wildman–Crippen LogP) is 10.8. The molecular formula is C47H27N7. The molecule has 10 rings (SSSR count). The topological polar surface area (TPSA) is 96.1 Å². The molecule has 0 aliphatic heterocycles. The van der Waals surface area contributed by atoms with Crippen molar-refractivity contribution >= 4 is 43.6 Å². The van der Waals surface area contributed by atoms with Gasteiger partial charge in [0.1, 0.15) is 12.1 Å². The van der Waals surface area contributed by atoms with Crippen LogP contribution < -0.4 is 0 Å². The SMILES string of the molecule is N#Cc1c(-c2nc(-c3ccccc3)nc(-c3ccccc3)n2)ccc(-n2c3ccccc3c3cc4c5ccccc5n(-c5ccccc5)c4cc32)c1C#N. The molecule has 0 fully saturated rings. The first-order chi connectivity index (χ1) is 26.7. The van der Waals surface area contributed by atoms with Gasteiger partial charge in [0.05, 0.1) is 38.9 Å². The maximum atomic E-state index is 10.9. The molecule has 0 amide bonds. The van der Waals surface area contributed by atoms with Crippen molar-refractivity contribution in [3.05, 3.63) is 175 Å². The third kappa shape index (κ3) is 4.77. The number of hydrogen-bond donors (Lipinski definition) is 0. The van der Waals surface area contributed by atoms with E-state index in [1.807, 2.05) is 103 Å². The van der Waals surface area contributed by atoms with Gasteiger partial charge in [0.2, 0.25) is 0 Å². The van der Waals surface area contributed by atoms with Crippen molar-refractivity contribution in [1.29, 1.82) is 10.5 Å². The highest BCUT2D eigenvalue weighted by Gasteiger charge is 2.24. The molecule has 0 unspecified atom stereocenters. The Bertz CT molecular complexity index is 3110. The fourth-order valence-corrected chi connectivity index (χ4v) is 7.67. The van der Waals surface area contributed by atoms with Gasteiger partial charge in [-0.2, -0.15) is 10.5 Å². The smallest absolute Gasteiger partial charge is 0.165 e. The van der Waals surface area contributed by atoms with Gasteiger partial charge in [-0.15, -0.1) is 0 Å². The molecule has 0 aliphatic carbocycles. The van der Waals surface area contributed by atoms with E-state index in [-0.39, 0.29) is 11.1 Å². The molecule has 3 aromatic heterocycles. The van der Waals surface area contributed by atoms with Gasteiger partial charge in [0, 0.05) is 43.9 Å². The molecule has 7 heteroatoms. The molecule has 0 spiro atoms. The van der Waals surface area contributed by atoms with Gasteiger partial charge >= 0.3 is 0 Å². The zero-order valence-corrected chi connectivity index (χ0v) is 28.7. The molecule has 0 aliphatic rings. The lowest BCUT2D eigenvalue weighted by molar-refractivity contribution is 1.07. The van der Waals surface area contributed by atoms with Crippen molar-refractivity contribution in [1.82, 2.24) is 24.1 Å². The van der Waals surface area contributed by atoms with Crippen LogP contribution in [0.1, 0.15) is 11.1 Å². The molecule has 10 aromatic rings. The summed E-state index contributed by atoms with van der Waals surface area (Å²) in [6.45, 7) is 0. The maximum absolute atomic E-state index is 10.9. The first-order valence-electron chi connectivity index (χ1n) is 17.6. The summed E-state index contributed by atoms with van der Waals surface area (Å²) in [4.78, 5) is 14.6. The second-order valence-corrected chi connectivity index (χ2v) is 13.1. The lowest BCUT2D eigenvalue weighted by Gasteiger charge is -2.14. The standard InChI is InChI=1S/C47H27N7/c48-28-38-35(47-51-45(30-14-4-1-5-15-30)50-46(52-47)31-16-6-2-7-17-31)24-25-42(39(38)29-49)54-41-23-13-11-21-34(41)37-26-36-33-20-10-12-22-40(33)53(43(36)27-44(37)54)32-18-8-3-9-19-32/h1-27H. The van der Waals surface area contributed by atoms with Crippen LogP contribution in [-0.4, -0.2) is 24.1 Å². The molecule has 0 atom stereocenters. The third-order valence-electron chi connectivity index (χ3n) is 10.1. The number of rotatable bonds is 5. The number of para-hydroxylation sites is 3. The van der Waals surface area contributed by atoms with Gasteiger partial charge in [0.15, 0.2) is 17.5 Å². The van der Waals surface area contributed by atoms with Gasteiger partial charge < -0.3 is 9.13 Å². The Labute approximate surface area is 309 Å². The van der Waals surface area contributed by atoms with E-state index in [1.165, 1.54) is 0 Å². The third-order valence-corrected chi connectivity index (χ3v) is 10.1. The molecule has 0 saturated carbocycles. The second-order valence-electron chi connectivity index (χ2n) is 13.1. The first kappa shape index (κ1) is 30.9. The van der Waals surface area contributed by atoms with E-state index >= 15 is 0 Å². The quantitative estimate of drug-likeness (QED) is 0.179. The van der Waals surface area contributed by atoms with Crippen molar-refractivity contribution in [3.8, 4) is 57.7 Å². The van der Waals surface area contributed by atoms with E-state index in [0.29, 0.717) is 28.7 Å². The number of nitrogens with zero attached hydrogens (tertiary/aromatic N) is 7. The number of aromatic nitrogens is 5. The molecule has 0 bridgehead atoms. The summed E-state index contributed by atoms with van der Waals surface area (Å²) < 4.78 is 4.40. The van der Waals surface area contributed by atoms with Crippen LogP contribution in [0.15, 0.2) is 164 Å². The molecule has 7 aromatic carbocycles. The Kier molecular flexibility index (Phi) is 7.11. The molecule has 7 nitrogen and oxygen atoms in total. The molecule has 0 radical (unpaired) electrons. The minimum atomic E-state index is 0.199. The minimum Gasteiger partial charge on any atom is -0.309 e. The summed E-state index contributed by atoms with van der Waals surface area (Å²) in [6.07, 6.45) is 0. The average Bonchev–Trinajstić information content (AvgIpc) is 3.74. The zero-order chi connectivity index (χ0) is 36.2. The Morgan fingerprint density at radius 2 is 0.870 bits per heavy atom. The molecular weight excluding hydrogens is 663 g/mol. The van der Waals surface area contributed by atoms with Gasteiger partial charge in [-0.1, -0.05) is 115 Å². The van der Waals surface area contributed by atoms with Crippen LogP contribution in [0.5, 0.6) is 0 Å². The Morgan fingerprint density at radius 3 is 1.44 bits per heavy atom. The number of nitriles is 2. The van der Waals surface area contributed by atoms with Gasteiger partial charge in [-0.25, -0.2) is 15.0 Å². The summed E-state index contributed by atoms with van der Waals surface area (Å²) in [5, 5.41) is 26.1. The number of benzene rings is 7.